The number of thioether (sulfide) groups is 1. The average Bonchev–Trinajstić information content (AvgIpc) is 1.88. The van der Waals surface area contributed by atoms with Gasteiger partial charge < -0.3 is 0 Å². The van der Waals surface area contributed by atoms with Crippen LogP contribution in [0.1, 0.15) is 19.3 Å². The number of hydrogen-bond donors (Lipinski definition) is 0. The van der Waals surface area contributed by atoms with E-state index in [1.54, 1.807) is 11.8 Å². The fraction of sp³-hybridized carbons (Fsp3) is 0.714. The third-order valence-electron chi connectivity index (χ3n) is 1.70. The van der Waals surface area contributed by atoms with Crippen LogP contribution in [0, 0.1) is 0 Å². The third kappa shape index (κ3) is 1.59. The molecule has 1 rings (SSSR count). The van der Waals surface area contributed by atoms with E-state index in [0.717, 1.165) is 6.42 Å². The molecule has 1 unspecified atom stereocenters. The van der Waals surface area contributed by atoms with E-state index in [2.05, 4.69) is 0 Å². The van der Waals surface area contributed by atoms with Gasteiger partial charge in [0.15, 0.2) is 5.78 Å². The molecule has 0 saturated heterocycles. The van der Waals surface area contributed by atoms with Crippen LogP contribution in [0.25, 0.3) is 0 Å². The Morgan fingerprint density at radius 3 is 2.70 bits per heavy atom. The molecule has 1 saturated carbocycles. The van der Waals surface area contributed by atoms with Gasteiger partial charge in [-0.2, -0.15) is 11.8 Å². The monoisotopic (exact) mass is 158 g/mol. The van der Waals surface area contributed by atoms with Crippen molar-refractivity contribution in [3.8, 4) is 0 Å². The standard InChI is InChI=1S/C7H10O2S/c1-10-7-3-2-5(8)4-6(7)9/h7H,2-4H2,1H3. The lowest BCUT2D eigenvalue weighted by Gasteiger charge is -2.16. The molecule has 0 aromatic carbocycles. The maximum Gasteiger partial charge on any atom is 0.153 e. The minimum absolute atomic E-state index is 0.0951. The molecule has 0 aromatic rings. The van der Waals surface area contributed by atoms with Gasteiger partial charge in [0.2, 0.25) is 0 Å². The van der Waals surface area contributed by atoms with E-state index in [9.17, 15) is 9.59 Å². The van der Waals surface area contributed by atoms with Crippen molar-refractivity contribution in [1.29, 1.82) is 0 Å². The summed E-state index contributed by atoms with van der Waals surface area (Å²) in [7, 11) is 0. The number of hydrogen-bond acceptors (Lipinski definition) is 3. The lowest BCUT2D eigenvalue weighted by molar-refractivity contribution is -0.129. The Bertz CT molecular complexity index is 165. The van der Waals surface area contributed by atoms with Gasteiger partial charge in [0.1, 0.15) is 5.78 Å². The predicted octanol–water partition coefficient (Wildman–Crippen LogP) is 1.04. The van der Waals surface area contributed by atoms with E-state index in [1.165, 1.54) is 0 Å². The zero-order valence-electron chi connectivity index (χ0n) is 5.92. The SMILES string of the molecule is CSC1CCC(=O)CC1=O. The first-order chi connectivity index (χ1) is 4.74. The van der Waals surface area contributed by atoms with Crippen molar-refractivity contribution >= 4 is 23.3 Å². The van der Waals surface area contributed by atoms with Crippen LogP contribution in [0.3, 0.4) is 0 Å². The van der Waals surface area contributed by atoms with Crippen molar-refractivity contribution < 1.29 is 9.59 Å². The molecule has 1 aliphatic carbocycles. The summed E-state index contributed by atoms with van der Waals surface area (Å²) in [5.41, 5.74) is 0. The van der Waals surface area contributed by atoms with E-state index < -0.39 is 0 Å². The summed E-state index contributed by atoms with van der Waals surface area (Å²) >= 11 is 1.55. The molecule has 0 heterocycles. The van der Waals surface area contributed by atoms with E-state index in [-0.39, 0.29) is 23.2 Å². The quantitative estimate of drug-likeness (QED) is 0.535. The molecule has 0 aromatic heterocycles. The van der Waals surface area contributed by atoms with Crippen LogP contribution in [-0.4, -0.2) is 23.1 Å². The Hall–Kier alpha value is -0.310. The van der Waals surface area contributed by atoms with Gasteiger partial charge in [0.25, 0.3) is 0 Å². The average molecular weight is 158 g/mol. The summed E-state index contributed by atoms with van der Waals surface area (Å²) in [5.74, 6) is 0.221. The first-order valence-electron chi connectivity index (χ1n) is 3.31. The lowest BCUT2D eigenvalue weighted by atomic mass is 9.98. The van der Waals surface area contributed by atoms with E-state index >= 15 is 0 Å². The zero-order valence-corrected chi connectivity index (χ0v) is 6.74. The highest BCUT2D eigenvalue weighted by atomic mass is 32.2. The first kappa shape index (κ1) is 7.79. The molecule has 56 valence electrons. The second kappa shape index (κ2) is 3.19. The Morgan fingerprint density at radius 1 is 1.50 bits per heavy atom. The highest BCUT2D eigenvalue weighted by Crippen LogP contribution is 2.21. The highest BCUT2D eigenvalue weighted by Gasteiger charge is 2.25. The minimum atomic E-state index is 0.0951. The van der Waals surface area contributed by atoms with Gasteiger partial charge in [-0.15, -0.1) is 0 Å². The number of ketones is 2. The molecule has 0 N–H and O–H groups in total. The molecule has 1 atom stereocenters. The van der Waals surface area contributed by atoms with Crippen LogP contribution in [0.15, 0.2) is 0 Å². The second-order valence-electron chi connectivity index (χ2n) is 2.44. The zero-order chi connectivity index (χ0) is 7.56. The van der Waals surface area contributed by atoms with Crippen LogP contribution in [-0.2, 0) is 9.59 Å². The third-order valence-corrected chi connectivity index (χ3v) is 2.77. The summed E-state index contributed by atoms with van der Waals surface area (Å²) in [6, 6.07) is 0. The summed E-state index contributed by atoms with van der Waals surface area (Å²) in [4.78, 5) is 21.7. The number of rotatable bonds is 1. The van der Waals surface area contributed by atoms with E-state index in [4.69, 9.17) is 0 Å². The van der Waals surface area contributed by atoms with Crippen LogP contribution in [0.5, 0.6) is 0 Å². The first-order valence-corrected chi connectivity index (χ1v) is 4.60. The van der Waals surface area contributed by atoms with Crippen molar-refractivity contribution in [3.05, 3.63) is 0 Å². The van der Waals surface area contributed by atoms with Gasteiger partial charge in [0.05, 0.1) is 11.7 Å². The normalized spacial score (nSPS) is 27.1. The van der Waals surface area contributed by atoms with E-state index in [1.807, 2.05) is 6.26 Å². The molecule has 10 heavy (non-hydrogen) atoms. The van der Waals surface area contributed by atoms with Gasteiger partial charge in [-0.1, -0.05) is 0 Å². The van der Waals surface area contributed by atoms with Crippen LogP contribution in [0.4, 0.5) is 0 Å². The smallest absolute Gasteiger partial charge is 0.153 e. The summed E-state index contributed by atoms with van der Waals surface area (Å²) in [6.45, 7) is 0. The molecule has 1 fully saturated rings. The summed E-state index contributed by atoms with van der Waals surface area (Å²) < 4.78 is 0. The van der Waals surface area contributed by atoms with Gasteiger partial charge in [-0.05, 0) is 12.7 Å². The number of carbonyl (C=O) groups excluding carboxylic acids is 2. The fourth-order valence-electron chi connectivity index (χ4n) is 1.10. The van der Waals surface area contributed by atoms with E-state index in [0.29, 0.717) is 6.42 Å². The van der Waals surface area contributed by atoms with Gasteiger partial charge in [0, 0.05) is 6.42 Å². The highest BCUT2D eigenvalue weighted by molar-refractivity contribution is 7.99. The molecular formula is C7H10O2S. The molecule has 1 aliphatic rings. The van der Waals surface area contributed by atoms with Crippen molar-refractivity contribution in [1.82, 2.24) is 0 Å². The fourth-order valence-corrected chi connectivity index (χ4v) is 1.80. The topological polar surface area (TPSA) is 34.1 Å². The minimum Gasteiger partial charge on any atom is -0.299 e. The lowest BCUT2D eigenvalue weighted by Crippen LogP contribution is -2.26. The van der Waals surface area contributed by atoms with Crippen molar-refractivity contribution in [2.24, 2.45) is 0 Å². The van der Waals surface area contributed by atoms with Crippen molar-refractivity contribution in [2.45, 2.75) is 24.5 Å². The summed E-state index contributed by atoms with van der Waals surface area (Å²) in [6.07, 6.45) is 3.43. The molecule has 0 amide bonds. The maximum atomic E-state index is 11.0. The molecule has 0 aliphatic heterocycles. The number of Topliss-reactive ketones (excluding diaryl/α,β-unsaturated/α-hetero) is 2. The Labute approximate surface area is 64.4 Å². The molecule has 3 heteroatoms. The van der Waals surface area contributed by atoms with Gasteiger partial charge in [-0.3, -0.25) is 9.59 Å². The Balaban J connectivity index is 2.51. The summed E-state index contributed by atoms with van der Waals surface area (Å²) in [5, 5.41) is 0.0951. The molecule has 0 radical (unpaired) electrons. The Kier molecular flexibility index (Phi) is 2.49. The van der Waals surface area contributed by atoms with Crippen molar-refractivity contribution in [3.63, 3.8) is 0 Å². The van der Waals surface area contributed by atoms with Gasteiger partial charge in [-0.25, -0.2) is 0 Å². The largest absolute Gasteiger partial charge is 0.299 e. The second-order valence-corrected chi connectivity index (χ2v) is 3.49. The van der Waals surface area contributed by atoms with Gasteiger partial charge >= 0.3 is 0 Å². The predicted molar refractivity (Wildman–Crippen MR) is 41.2 cm³/mol. The van der Waals surface area contributed by atoms with Crippen LogP contribution < -0.4 is 0 Å². The molecule has 2 nitrogen and oxygen atoms in total. The number of carbonyl (C=O) groups is 2. The molecule has 0 spiro atoms. The van der Waals surface area contributed by atoms with Crippen LogP contribution in [0.2, 0.25) is 0 Å². The van der Waals surface area contributed by atoms with Crippen LogP contribution >= 0.6 is 11.8 Å². The maximum absolute atomic E-state index is 11.0. The molecular weight excluding hydrogens is 148 g/mol. The Morgan fingerprint density at radius 2 is 2.20 bits per heavy atom. The molecule has 0 bridgehead atoms. The van der Waals surface area contributed by atoms with Crippen molar-refractivity contribution in [2.75, 3.05) is 6.26 Å².